The normalized spacial score (nSPS) is 10.5. The van der Waals surface area contributed by atoms with Gasteiger partial charge in [0.1, 0.15) is 15.8 Å². The predicted octanol–water partition coefficient (Wildman–Crippen LogP) is 2.64. The van der Waals surface area contributed by atoms with E-state index in [4.69, 9.17) is 33.2 Å². The fraction of sp³-hybridized carbons (Fsp3) is 0.154. The molecule has 0 aromatic heterocycles. The van der Waals surface area contributed by atoms with E-state index in [0.717, 1.165) is 0 Å². The van der Waals surface area contributed by atoms with Crippen molar-refractivity contribution in [3.05, 3.63) is 91.6 Å². The molecule has 0 fully saturated rings. The molecule has 0 saturated carbocycles. The first-order valence-electron chi connectivity index (χ1n) is 11.2. The van der Waals surface area contributed by atoms with Crippen molar-refractivity contribution in [1.82, 2.24) is 0 Å². The van der Waals surface area contributed by atoms with Gasteiger partial charge in [-0.25, -0.2) is 8.42 Å². The van der Waals surface area contributed by atoms with Crippen molar-refractivity contribution in [3.63, 3.8) is 0 Å². The first-order valence-corrected chi connectivity index (χ1v) is 13.4. The van der Waals surface area contributed by atoms with Crippen molar-refractivity contribution < 1.29 is 61.8 Å². The number of aryl methyl sites for hydroxylation is 1. The molecule has 10 nitrogen and oxygen atoms in total. The number of nitrogens with one attached hydrogen (secondary N) is 1. The summed E-state index contributed by atoms with van der Waals surface area (Å²) < 4.78 is 37.8. The first kappa shape index (κ1) is 33.1. The van der Waals surface area contributed by atoms with Crippen LogP contribution in [0.4, 0.5) is 10.5 Å². The molecule has 0 spiro atoms. The number of anilines is 1. The van der Waals surface area contributed by atoms with Crippen LogP contribution >= 0.6 is 23.2 Å². The molecule has 0 aliphatic carbocycles. The van der Waals surface area contributed by atoms with Gasteiger partial charge in [0.05, 0.1) is 28.7 Å². The van der Waals surface area contributed by atoms with Gasteiger partial charge in [-0.2, -0.15) is 5.26 Å². The second-order valence-electron chi connectivity index (χ2n) is 7.89. The molecule has 1 N–H and O–H groups in total. The molecule has 3 aromatic carbocycles. The Hall–Kier alpha value is -3.11. The minimum atomic E-state index is -4.30. The van der Waals surface area contributed by atoms with Crippen molar-refractivity contribution in [1.29, 1.82) is 5.26 Å². The average molecular weight is 612 g/mol. The molecule has 0 heterocycles. The number of ether oxygens (including phenoxy) is 2. The Morgan fingerprint density at radius 3 is 2.40 bits per heavy atom. The van der Waals surface area contributed by atoms with Gasteiger partial charge in [0.25, 0.3) is 5.91 Å². The van der Waals surface area contributed by atoms with Crippen LogP contribution in [0.3, 0.4) is 0 Å². The van der Waals surface area contributed by atoms with Crippen LogP contribution in [0.25, 0.3) is 4.72 Å². The summed E-state index contributed by atoms with van der Waals surface area (Å²) in [6.45, 7) is 2.54. The molecule has 3 rings (SSSR count). The van der Waals surface area contributed by atoms with E-state index in [1.54, 1.807) is 6.92 Å². The third-order valence-corrected chi connectivity index (χ3v) is 6.76. The van der Waals surface area contributed by atoms with Gasteiger partial charge in [-0.15, -0.1) is 0 Å². The van der Waals surface area contributed by atoms with Crippen LogP contribution < -0.4 is 39.6 Å². The average Bonchev–Trinajstić information content (AvgIpc) is 2.88. The monoisotopic (exact) mass is 611 g/mol. The molecule has 0 saturated heterocycles. The molecule has 3 aromatic rings. The number of nitrogens with zero attached hydrogens (tertiary/aromatic N) is 2. The van der Waals surface area contributed by atoms with Gasteiger partial charge in [0.15, 0.2) is 12.4 Å². The summed E-state index contributed by atoms with van der Waals surface area (Å²) in [5, 5.41) is 12.2. The van der Waals surface area contributed by atoms with Crippen LogP contribution in [0.15, 0.2) is 59.5 Å². The summed E-state index contributed by atoms with van der Waals surface area (Å²) in [5.74, 6) is -1.06. The van der Waals surface area contributed by atoms with Crippen LogP contribution in [0.1, 0.15) is 34.0 Å². The Bertz CT molecular complexity index is 1610. The summed E-state index contributed by atoms with van der Waals surface area (Å²) in [5.41, 5.74) is 1.04. The number of amides is 2. The zero-order valence-electron chi connectivity index (χ0n) is 21.5. The Labute approximate surface area is 262 Å². The molecule has 0 atom stereocenters. The number of nitriles is 1. The van der Waals surface area contributed by atoms with E-state index in [2.05, 4.69) is 14.8 Å². The largest absolute Gasteiger partial charge is 1.00 e. The Morgan fingerprint density at radius 1 is 1.02 bits per heavy atom. The number of hydrogen-bond donors (Lipinski definition) is 1. The Morgan fingerprint density at radius 2 is 1.75 bits per heavy atom. The molecular formula is C26H20Cl2N3NaO7S. The van der Waals surface area contributed by atoms with Crippen molar-refractivity contribution in [2.24, 2.45) is 0 Å². The maximum Gasteiger partial charge on any atom is 1.00 e. The van der Waals surface area contributed by atoms with Gasteiger partial charge in [0, 0.05) is 21.3 Å². The van der Waals surface area contributed by atoms with E-state index >= 15 is 0 Å². The minimum absolute atomic E-state index is 0. The number of hydrogen-bond acceptors (Lipinski definition) is 8. The Balaban J connectivity index is 0.00000560. The summed E-state index contributed by atoms with van der Waals surface area (Å²) >= 11 is 12.1. The Kier molecular flexibility index (Phi) is 12.0. The number of carbonyl (C=O) groups is 3. The van der Waals surface area contributed by atoms with Gasteiger partial charge >= 0.3 is 29.6 Å². The third-order valence-electron chi connectivity index (χ3n) is 5.07. The van der Waals surface area contributed by atoms with Crippen LogP contribution in [0, 0.1) is 18.3 Å². The standard InChI is InChI=1S/C26H21Cl2N3O7S.Na/c1-3-37-26(34)31-39(35,36)20-5-6-22(15(2)8-20)30-24(32)14-38-23-7-4-18(27)12-21(23)25(33)17-9-16(13-29)10-19(28)11-17;/h4-12H,3,14H2,1-2H3,(H2,30,31,32,34);/q;+1/p-1. The molecule has 202 valence electrons. The summed E-state index contributed by atoms with van der Waals surface area (Å²) in [6, 6.07) is 14.1. The van der Waals surface area contributed by atoms with Crippen LogP contribution in [-0.2, 0) is 19.6 Å². The van der Waals surface area contributed by atoms with E-state index in [9.17, 15) is 22.8 Å². The second-order valence-corrected chi connectivity index (χ2v) is 10.4. The van der Waals surface area contributed by atoms with E-state index in [-0.39, 0.29) is 79.2 Å². The minimum Gasteiger partial charge on any atom is -0.506 e. The van der Waals surface area contributed by atoms with Crippen molar-refractivity contribution in [3.8, 4) is 11.8 Å². The van der Waals surface area contributed by atoms with Gasteiger partial charge in [-0.3, -0.25) is 14.4 Å². The van der Waals surface area contributed by atoms with Crippen LogP contribution in [0.2, 0.25) is 10.0 Å². The number of benzene rings is 3. The number of ketones is 1. The molecule has 40 heavy (non-hydrogen) atoms. The molecule has 0 bridgehead atoms. The quantitative estimate of drug-likeness (QED) is 0.286. The van der Waals surface area contributed by atoms with Crippen molar-refractivity contribution in [2.45, 2.75) is 18.7 Å². The molecule has 0 aliphatic rings. The van der Waals surface area contributed by atoms with Gasteiger partial charge in [-0.1, -0.05) is 23.2 Å². The number of rotatable bonds is 9. The van der Waals surface area contributed by atoms with Crippen LogP contribution in [-0.4, -0.2) is 39.4 Å². The molecule has 0 aliphatic heterocycles. The van der Waals surface area contributed by atoms with Gasteiger partial charge in [0.2, 0.25) is 6.09 Å². The number of halogens is 2. The van der Waals surface area contributed by atoms with E-state index in [0.29, 0.717) is 5.56 Å². The summed E-state index contributed by atoms with van der Waals surface area (Å²) in [6.07, 6.45) is -1.23. The maximum absolute atomic E-state index is 13.1. The van der Waals surface area contributed by atoms with E-state index < -0.39 is 34.4 Å². The van der Waals surface area contributed by atoms with Crippen molar-refractivity contribution >= 4 is 56.7 Å². The van der Waals surface area contributed by atoms with E-state index in [1.165, 1.54) is 61.5 Å². The zero-order valence-corrected chi connectivity index (χ0v) is 25.9. The zero-order chi connectivity index (χ0) is 28.7. The molecular weight excluding hydrogens is 592 g/mol. The summed E-state index contributed by atoms with van der Waals surface area (Å²) in [4.78, 5) is 36.9. The fourth-order valence-corrected chi connectivity index (χ4v) is 4.64. The fourth-order valence-electron chi connectivity index (χ4n) is 3.31. The molecule has 2 amide bonds. The van der Waals surface area contributed by atoms with Crippen molar-refractivity contribution in [2.75, 3.05) is 18.5 Å². The molecule has 0 unspecified atom stereocenters. The predicted molar refractivity (Wildman–Crippen MR) is 144 cm³/mol. The maximum atomic E-state index is 13.1. The third kappa shape index (κ3) is 8.69. The van der Waals surface area contributed by atoms with E-state index in [1.807, 2.05) is 6.07 Å². The first-order chi connectivity index (χ1) is 18.4. The topological polar surface area (TPSA) is 154 Å². The van der Waals surface area contributed by atoms with Gasteiger partial charge < -0.3 is 19.5 Å². The summed E-state index contributed by atoms with van der Waals surface area (Å²) in [7, 11) is -4.30. The molecule has 14 heteroatoms. The SMILES string of the molecule is CCOC(=O)[N-]S(=O)(=O)c1ccc(NC(=O)COc2ccc(Cl)cc2C(=O)c2cc(Cl)cc(C#N)c2)c(C)c1.[Na+]. The molecule has 0 radical (unpaired) electrons. The number of carbonyl (C=O) groups excluding carboxylic acids is 3. The number of sulfonamides is 1. The van der Waals surface area contributed by atoms with Gasteiger partial charge in [-0.05, 0) is 74.0 Å². The second kappa shape index (κ2) is 14.5. The smallest absolute Gasteiger partial charge is 0.506 e. The van der Waals surface area contributed by atoms with Crippen LogP contribution in [0.5, 0.6) is 5.75 Å².